The van der Waals surface area contributed by atoms with Crippen LogP contribution in [0.2, 0.25) is 0 Å². The third kappa shape index (κ3) is 2.47. The smallest absolute Gasteiger partial charge is 0.180 e. The van der Waals surface area contributed by atoms with Crippen molar-refractivity contribution >= 4 is 27.4 Å². The first-order chi connectivity index (χ1) is 9.07. The van der Waals surface area contributed by atoms with Crippen LogP contribution in [0.4, 0.5) is 5.82 Å². The highest BCUT2D eigenvalue weighted by atomic mass is 79.9. The van der Waals surface area contributed by atoms with Crippen LogP contribution in [0.15, 0.2) is 23.2 Å². The fourth-order valence-electron chi connectivity index (χ4n) is 2.85. The highest BCUT2D eigenvalue weighted by Gasteiger charge is 2.33. The molecular weight excluding hydrogens is 308 g/mol. The maximum atomic E-state index is 10.5. The number of rotatable bonds is 3. The van der Waals surface area contributed by atoms with Crippen LogP contribution in [0, 0.1) is 0 Å². The zero-order chi connectivity index (χ0) is 13.5. The summed E-state index contributed by atoms with van der Waals surface area (Å²) in [6.07, 6.45) is 9.48. The van der Waals surface area contributed by atoms with Crippen molar-refractivity contribution < 1.29 is 5.11 Å². The normalized spacial score (nSPS) is 18.1. The van der Waals surface area contributed by atoms with E-state index in [-0.39, 0.29) is 0 Å². The summed E-state index contributed by atoms with van der Waals surface area (Å²) in [6.45, 7) is 0.596. The van der Waals surface area contributed by atoms with Crippen molar-refractivity contribution in [1.82, 2.24) is 14.4 Å². The van der Waals surface area contributed by atoms with E-state index in [9.17, 15) is 5.11 Å². The summed E-state index contributed by atoms with van der Waals surface area (Å²) in [5.41, 5.74) is 0.231. The Morgan fingerprint density at radius 2 is 2.21 bits per heavy atom. The molecule has 0 bridgehead atoms. The molecule has 2 aromatic heterocycles. The molecule has 2 aromatic rings. The molecule has 3 rings (SSSR count). The number of likely N-dealkylation sites (N-methyl/N-ethyl adjacent to an activating group) is 1. The molecule has 0 saturated heterocycles. The van der Waals surface area contributed by atoms with Crippen molar-refractivity contribution in [3.63, 3.8) is 0 Å². The second-order valence-corrected chi connectivity index (χ2v) is 6.15. The summed E-state index contributed by atoms with van der Waals surface area (Å²) in [5.74, 6) is 0.791. The van der Waals surface area contributed by atoms with E-state index in [0.29, 0.717) is 6.54 Å². The van der Waals surface area contributed by atoms with Crippen molar-refractivity contribution in [2.45, 2.75) is 31.3 Å². The van der Waals surface area contributed by atoms with Gasteiger partial charge in [-0.3, -0.25) is 0 Å². The Balaban J connectivity index is 1.92. The number of hydrogen-bond donors (Lipinski definition) is 1. The summed E-state index contributed by atoms with van der Waals surface area (Å²) >= 11 is 3.41. The third-order valence-electron chi connectivity index (χ3n) is 3.75. The van der Waals surface area contributed by atoms with Gasteiger partial charge in [0.1, 0.15) is 4.60 Å². The molecule has 2 heterocycles. The maximum Gasteiger partial charge on any atom is 0.180 e. The Labute approximate surface area is 120 Å². The van der Waals surface area contributed by atoms with Gasteiger partial charge in [0.05, 0.1) is 5.60 Å². The average Bonchev–Trinajstić information content (AvgIpc) is 2.96. The molecule has 1 aliphatic carbocycles. The predicted octanol–water partition coefficient (Wildman–Crippen LogP) is 2.23. The monoisotopic (exact) mass is 324 g/mol. The molecule has 1 aliphatic rings. The third-order valence-corrected chi connectivity index (χ3v) is 4.14. The summed E-state index contributed by atoms with van der Waals surface area (Å²) in [7, 11) is 1.96. The Hall–Kier alpha value is -1.14. The molecule has 0 amide bonds. The SMILES string of the molecule is CN(CC1(O)CCCC1)c1nc(Br)cn2ccnc12. The lowest BCUT2D eigenvalue weighted by molar-refractivity contribution is 0.0558. The number of hydrogen-bond acceptors (Lipinski definition) is 4. The number of fused-ring (bicyclic) bond motifs is 1. The van der Waals surface area contributed by atoms with Crippen molar-refractivity contribution in [3.05, 3.63) is 23.2 Å². The molecule has 19 heavy (non-hydrogen) atoms. The van der Waals surface area contributed by atoms with E-state index in [1.165, 1.54) is 0 Å². The van der Waals surface area contributed by atoms with Crippen LogP contribution in [-0.4, -0.2) is 38.7 Å². The van der Waals surface area contributed by atoms with E-state index >= 15 is 0 Å². The van der Waals surface area contributed by atoms with E-state index in [4.69, 9.17) is 0 Å². The van der Waals surface area contributed by atoms with Crippen molar-refractivity contribution in [2.75, 3.05) is 18.5 Å². The number of aliphatic hydroxyl groups is 1. The molecule has 0 unspecified atom stereocenters. The molecule has 0 atom stereocenters. The minimum absolute atomic E-state index is 0.581. The van der Waals surface area contributed by atoms with E-state index < -0.39 is 5.60 Å². The second kappa shape index (κ2) is 4.76. The second-order valence-electron chi connectivity index (χ2n) is 5.33. The van der Waals surface area contributed by atoms with Gasteiger partial charge in [0.15, 0.2) is 11.5 Å². The summed E-state index contributed by atoms with van der Waals surface area (Å²) in [6, 6.07) is 0. The van der Waals surface area contributed by atoms with Crippen LogP contribution in [0.25, 0.3) is 5.65 Å². The van der Waals surface area contributed by atoms with Gasteiger partial charge in [-0.1, -0.05) is 12.8 Å². The van der Waals surface area contributed by atoms with E-state index in [0.717, 1.165) is 41.8 Å². The maximum absolute atomic E-state index is 10.5. The summed E-state index contributed by atoms with van der Waals surface area (Å²) < 4.78 is 2.69. The topological polar surface area (TPSA) is 53.7 Å². The molecule has 6 heteroatoms. The molecule has 0 spiro atoms. The summed E-state index contributed by atoms with van der Waals surface area (Å²) in [4.78, 5) is 10.8. The first kappa shape index (κ1) is 12.9. The van der Waals surface area contributed by atoms with Gasteiger partial charge in [-0.2, -0.15) is 0 Å². The average molecular weight is 325 g/mol. The number of halogens is 1. The van der Waals surface area contributed by atoms with Gasteiger partial charge in [-0.15, -0.1) is 0 Å². The highest BCUT2D eigenvalue weighted by Crippen LogP contribution is 2.31. The van der Waals surface area contributed by atoms with E-state index in [2.05, 4.69) is 25.9 Å². The molecule has 0 radical (unpaired) electrons. The Kier molecular flexibility index (Phi) is 3.22. The van der Waals surface area contributed by atoms with Crippen molar-refractivity contribution in [3.8, 4) is 0 Å². The van der Waals surface area contributed by atoms with Crippen LogP contribution in [-0.2, 0) is 0 Å². The standard InChI is InChI=1S/C13H17BrN4O/c1-17(9-13(19)4-2-3-5-13)12-11-15-6-7-18(11)8-10(14)16-12/h6-8,19H,2-5,9H2,1H3. The fourth-order valence-corrected chi connectivity index (χ4v) is 3.24. The van der Waals surface area contributed by atoms with Gasteiger partial charge >= 0.3 is 0 Å². The van der Waals surface area contributed by atoms with Crippen LogP contribution in [0.1, 0.15) is 25.7 Å². The molecule has 1 N–H and O–H groups in total. The van der Waals surface area contributed by atoms with Crippen LogP contribution in [0.3, 0.4) is 0 Å². The Bertz CT molecular complexity index is 591. The lowest BCUT2D eigenvalue weighted by Crippen LogP contribution is -2.39. The lowest BCUT2D eigenvalue weighted by atomic mass is 10.0. The van der Waals surface area contributed by atoms with Gasteiger partial charge < -0.3 is 14.4 Å². The lowest BCUT2D eigenvalue weighted by Gasteiger charge is -2.29. The zero-order valence-electron chi connectivity index (χ0n) is 10.9. The fraction of sp³-hybridized carbons (Fsp3) is 0.538. The molecule has 1 fully saturated rings. The largest absolute Gasteiger partial charge is 0.388 e. The number of anilines is 1. The molecule has 5 nitrogen and oxygen atoms in total. The molecule has 0 aliphatic heterocycles. The molecular formula is C13H17BrN4O. The number of aromatic nitrogens is 3. The van der Waals surface area contributed by atoms with Crippen molar-refractivity contribution in [1.29, 1.82) is 0 Å². The van der Waals surface area contributed by atoms with Crippen LogP contribution < -0.4 is 4.90 Å². The molecule has 1 saturated carbocycles. The van der Waals surface area contributed by atoms with Gasteiger partial charge in [0.2, 0.25) is 0 Å². The summed E-state index contributed by atoms with van der Waals surface area (Å²) in [5, 5.41) is 10.5. The minimum atomic E-state index is -0.581. The van der Waals surface area contributed by atoms with Gasteiger partial charge in [0.25, 0.3) is 0 Å². The van der Waals surface area contributed by atoms with E-state index in [1.54, 1.807) is 6.20 Å². The first-order valence-electron chi connectivity index (χ1n) is 6.50. The minimum Gasteiger partial charge on any atom is -0.388 e. The van der Waals surface area contributed by atoms with E-state index in [1.807, 2.05) is 28.7 Å². The van der Waals surface area contributed by atoms with Gasteiger partial charge in [0, 0.05) is 32.2 Å². The number of imidazole rings is 1. The van der Waals surface area contributed by atoms with Crippen molar-refractivity contribution in [2.24, 2.45) is 0 Å². The number of nitrogens with zero attached hydrogens (tertiary/aromatic N) is 4. The Morgan fingerprint density at radius 1 is 1.47 bits per heavy atom. The highest BCUT2D eigenvalue weighted by molar-refractivity contribution is 9.10. The first-order valence-corrected chi connectivity index (χ1v) is 7.29. The quantitative estimate of drug-likeness (QED) is 0.940. The predicted molar refractivity (Wildman–Crippen MR) is 77.4 cm³/mol. The van der Waals surface area contributed by atoms with Crippen LogP contribution >= 0.6 is 15.9 Å². The van der Waals surface area contributed by atoms with Gasteiger partial charge in [-0.05, 0) is 28.8 Å². The van der Waals surface area contributed by atoms with Crippen LogP contribution in [0.5, 0.6) is 0 Å². The molecule has 102 valence electrons. The van der Waals surface area contributed by atoms with Gasteiger partial charge in [-0.25, -0.2) is 9.97 Å². The molecule has 0 aromatic carbocycles. The zero-order valence-corrected chi connectivity index (χ0v) is 12.5. The Morgan fingerprint density at radius 3 is 2.95 bits per heavy atom.